The Morgan fingerprint density at radius 2 is 1.91 bits per heavy atom. The van der Waals surface area contributed by atoms with E-state index in [1.807, 2.05) is 24.3 Å². The van der Waals surface area contributed by atoms with Crippen molar-refractivity contribution in [3.05, 3.63) is 29.8 Å². The lowest BCUT2D eigenvalue weighted by Crippen LogP contribution is -2.42. The molecule has 2 aliphatic rings. The highest BCUT2D eigenvalue weighted by Crippen LogP contribution is 2.59. The average molecular weight is 317 g/mol. The number of hydrogen-bond acceptors (Lipinski definition) is 3. The second-order valence-electron chi connectivity index (χ2n) is 6.62. The van der Waals surface area contributed by atoms with E-state index in [-0.39, 0.29) is 23.8 Å². The Kier molecular flexibility index (Phi) is 4.28. The summed E-state index contributed by atoms with van der Waals surface area (Å²) in [6, 6.07) is 7.78. The molecule has 23 heavy (non-hydrogen) atoms. The first-order valence-electron chi connectivity index (χ1n) is 8.26. The minimum absolute atomic E-state index is 0.0213. The van der Waals surface area contributed by atoms with Gasteiger partial charge in [-0.05, 0) is 48.8 Å². The van der Waals surface area contributed by atoms with Crippen LogP contribution in [0.4, 0.5) is 0 Å². The molecular formula is C18H23NO4. The lowest BCUT2D eigenvalue weighted by molar-refractivity contribution is -0.140. The largest absolute Gasteiger partial charge is 0.484 e. The van der Waals surface area contributed by atoms with Gasteiger partial charge in [0, 0.05) is 13.1 Å². The SMILES string of the molecule is CCc1ccc(OCC(=O)N2CCC3(CC2)CC3C(=O)O)cc1. The first-order chi connectivity index (χ1) is 11.0. The molecule has 124 valence electrons. The van der Waals surface area contributed by atoms with E-state index in [0.717, 1.165) is 25.7 Å². The summed E-state index contributed by atoms with van der Waals surface area (Å²) in [7, 11) is 0. The van der Waals surface area contributed by atoms with Gasteiger partial charge in [0.15, 0.2) is 6.61 Å². The third kappa shape index (κ3) is 3.33. The highest BCUT2D eigenvalue weighted by molar-refractivity contribution is 5.78. The zero-order chi connectivity index (χ0) is 16.4. The van der Waals surface area contributed by atoms with Crippen molar-refractivity contribution in [2.24, 2.45) is 11.3 Å². The molecule has 1 aliphatic heterocycles. The molecule has 1 unspecified atom stereocenters. The number of amides is 1. The van der Waals surface area contributed by atoms with Crippen LogP contribution < -0.4 is 4.74 Å². The molecule has 0 aromatic heterocycles. The van der Waals surface area contributed by atoms with Gasteiger partial charge in [-0.15, -0.1) is 0 Å². The molecule has 1 atom stereocenters. The van der Waals surface area contributed by atoms with Crippen molar-refractivity contribution >= 4 is 11.9 Å². The number of ether oxygens (including phenoxy) is 1. The summed E-state index contributed by atoms with van der Waals surface area (Å²) in [5, 5.41) is 9.09. The molecule has 1 heterocycles. The third-order valence-electron chi connectivity index (χ3n) is 5.29. The van der Waals surface area contributed by atoms with Crippen molar-refractivity contribution in [1.82, 2.24) is 4.90 Å². The minimum atomic E-state index is -0.691. The summed E-state index contributed by atoms with van der Waals surface area (Å²) < 4.78 is 5.56. The molecule has 1 saturated carbocycles. The number of carbonyl (C=O) groups is 2. The number of carboxylic acid groups (broad SMARTS) is 1. The standard InChI is InChI=1S/C18H23NO4/c1-2-13-3-5-14(6-4-13)23-12-16(20)19-9-7-18(8-10-19)11-15(18)17(21)22/h3-6,15H,2,7-12H2,1H3,(H,21,22). The van der Waals surface area contributed by atoms with Crippen LogP contribution in [0.5, 0.6) is 5.75 Å². The fraction of sp³-hybridized carbons (Fsp3) is 0.556. The van der Waals surface area contributed by atoms with Gasteiger partial charge in [-0.1, -0.05) is 19.1 Å². The second-order valence-corrected chi connectivity index (χ2v) is 6.62. The summed E-state index contributed by atoms with van der Waals surface area (Å²) in [4.78, 5) is 25.1. The monoisotopic (exact) mass is 317 g/mol. The number of hydrogen-bond donors (Lipinski definition) is 1. The Morgan fingerprint density at radius 3 is 2.43 bits per heavy atom. The first kappa shape index (κ1) is 15.8. The van der Waals surface area contributed by atoms with E-state index in [4.69, 9.17) is 9.84 Å². The van der Waals surface area contributed by atoms with Gasteiger partial charge in [-0.3, -0.25) is 9.59 Å². The number of rotatable bonds is 5. The van der Waals surface area contributed by atoms with Crippen molar-refractivity contribution < 1.29 is 19.4 Å². The van der Waals surface area contributed by atoms with Crippen LogP contribution in [0.15, 0.2) is 24.3 Å². The number of piperidine rings is 1. The molecule has 1 amide bonds. The summed E-state index contributed by atoms with van der Waals surface area (Å²) in [6.45, 7) is 3.42. The number of carbonyl (C=O) groups excluding carboxylic acids is 1. The van der Waals surface area contributed by atoms with Gasteiger partial charge in [0.25, 0.3) is 5.91 Å². The number of aryl methyl sites for hydroxylation is 1. The number of aliphatic carboxylic acids is 1. The van der Waals surface area contributed by atoms with Crippen LogP contribution in [0.25, 0.3) is 0 Å². The Labute approximate surface area is 136 Å². The average Bonchev–Trinajstić information content (AvgIpc) is 3.27. The molecule has 0 bridgehead atoms. The van der Waals surface area contributed by atoms with Crippen molar-refractivity contribution in [3.8, 4) is 5.75 Å². The topological polar surface area (TPSA) is 66.8 Å². The molecule has 0 radical (unpaired) electrons. The molecule has 1 aromatic rings. The molecule has 1 N–H and O–H groups in total. The Bertz CT molecular complexity index is 588. The van der Waals surface area contributed by atoms with Gasteiger partial charge in [-0.25, -0.2) is 0 Å². The Balaban J connectivity index is 1.45. The normalized spacial score (nSPS) is 22.0. The molecule has 2 fully saturated rings. The molecular weight excluding hydrogens is 294 g/mol. The van der Waals surface area contributed by atoms with E-state index in [0.29, 0.717) is 18.8 Å². The van der Waals surface area contributed by atoms with E-state index in [1.54, 1.807) is 4.90 Å². The molecule has 1 spiro atoms. The van der Waals surface area contributed by atoms with Crippen LogP contribution in [0, 0.1) is 11.3 Å². The van der Waals surface area contributed by atoms with Crippen LogP contribution in [-0.4, -0.2) is 41.6 Å². The molecule has 1 saturated heterocycles. The van der Waals surface area contributed by atoms with Crippen molar-refractivity contribution in [3.63, 3.8) is 0 Å². The third-order valence-corrected chi connectivity index (χ3v) is 5.29. The van der Waals surface area contributed by atoms with E-state index in [1.165, 1.54) is 5.56 Å². The van der Waals surface area contributed by atoms with Crippen LogP contribution in [0.2, 0.25) is 0 Å². The summed E-state index contributed by atoms with van der Waals surface area (Å²) in [5.74, 6) is -0.208. The zero-order valence-electron chi connectivity index (χ0n) is 13.5. The second kappa shape index (κ2) is 6.22. The lowest BCUT2D eigenvalue weighted by atomic mass is 9.91. The fourth-order valence-corrected chi connectivity index (χ4v) is 3.51. The van der Waals surface area contributed by atoms with Crippen LogP contribution >= 0.6 is 0 Å². The zero-order valence-corrected chi connectivity index (χ0v) is 13.5. The fourth-order valence-electron chi connectivity index (χ4n) is 3.51. The van der Waals surface area contributed by atoms with Gasteiger partial charge >= 0.3 is 5.97 Å². The van der Waals surface area contributed by atoms with Gasteiger partial charge in [-0.2, -0.15) is 0 Å². The predicted molar refractivity (Wildman–Crippen MR) is 85.3 cm³/mol. The van der Waals surface area contributed by atoms with Gasteiger partial charge in [0.2, 0.25) is 0 Å². The van der Waals surface area contributed by atoms with Crippen molar-refractivity contribution in [2.75, 3.05) is 19.7 Å². The molecule has 3 rings (SSSR count). The highest BCUT2D eigenvalue weighted by atomic mass is 16.5. The van der Waals surface area contributed by atoms with Crippen LogP contribution in [0.3, 0.4) is 0 Å². The number of nitrogens with zero attached hydrogens (tertiary/aromatic N) is 1. The molecule has 1 aromatic carbocycles. The van der Waals surface area contributed by atoms with Crippen molar-refractivity contribution in [2.45, 2.75) is 32.6 Å². The maximum Gasteiger partial charge on any atom is 0.307 e. The van der Waals surface area contributed by atoms with E-state index >= 15 is 0 Å². The lowest BCUT2D eigenvalue weighted by Gasteiger charge is -2.32. The van der Waals surface area contributed by atoms with Crippen LogP contribution in [0.1, 0.15) is 31.7 Å². The molecule has 1 aliphatic carbocycles. The van der Waals surface area contributed by atoms with E-state index in [2.05, 4.69) is 6.92 Å². The maximum atomic E-state index is 12.2. The van der Waals surface area contributed by atoms with Gasteiger partial charge in [0.05, 0.1) is 5.92 Å². The van der Waals surface area contributed by atoms with Gasteiger partial charge in [0.1, 0.15) is 5.75 Å². The maximum absolute atomic E-state index is 12.2. The molecule has 5 heteroatoms. The summed E-state index contributed by atoms with van der Waals surface area (Å²) in [6.07, 6.45) is 3.33. The van der Waals surface area contributed by atoms with E-state index < -0.39 is 5.97 Å². The Hall–Kier alpha value is -2.04. The Morgan fingerprint density at radius 1 is 1.26 bits per heavy atom. The highest BCUT2D eigenvalue weighted by Gasteiger charge is 2.59. The molecule has 5 nitrogen and oxygen atoms in total. The predicted octanol–water partition coefficient (Wildman–Crippen LogP) is 2.34. The summed E-state index contributed by atoms with van der Waals surface area (Å²) in [5.41, 5.74) is 1.20. The number of benzene rings is 1. The first-order valence-corrected chi connectivity index (χ1v) is 8.26. The number of likely N-dealkylation sites (tertiary alicyclic amines) is 1. The smallest absolute Gasteiger partial charge is 0.307 e. The van der Waals surface area contributed by atoms with Gasteiger partial charge < -0.3 is 14.7 Å². The quantitative estimate of drug-likeness (QED) is 0.905. The number of carboxylic acids is 1. The summed E-state index contributed by atoms with van der Waals surface area (Å²) >= 11 is 0. The van der Waals surface area contributed by atoms with Crippen LogP contribution in [-0.2, 0) is 16.0 Å². The minimum Gasteiger partial charge on any atom is -0.484 e. The van der Waals surface area contributed by atoms with E-state index in [9.17, 15) is 9.59 Å². The van der Waals surface area contributed by atoms with Crippen molar-refractivity contribution in [1.29, 1.82) is 0 Å².